The molecule has 0 aromatic heterocycles. The van der Waals surface area contributed by atoms with Crippen molar-refractivity contribution >= 4 is 39.3 Å². The van der Waals surface area contributed by atoms with Crippen LogP contribution in [0, 0.1) is 20.2 Å². The lowest BCUT2D eigenvalue weighted by molar-refractivity contribution is -0.798. The molecule has 0 saturated heterocycles. The van der Waals surface area contributed by atoms with Gasteiger partial charge in [-0.25, -0.2) is 0 Å². The Morgan fingerprint density at radius 3 is 1.74 bits per heavy atom. The van der Waals surface area contributed by atoms with Gasteiger partial charge in [0, 0.05) is 27.2 Å². The molecule has 0 heterocycles. The minimum absolute atomic E-state index is 0.0143. The minimum Gasteiger partial charge on any atom is -0.344 e. The number of alkyl halides is 2. The van der Waals surface area contributed by atoms with Crippen molar-refractivity contribution in [1.82, 2.24) is 9.80 Å². The van der Waals surface area contributed by atoms with Gasteiger partial charge in [0.15, 0.2) is 0 Å². The molecule has 0 radical (unpaired) electrons. The summed E-state index contributed by atoms with van der Waals surface area (Å²) in [5.41, 5.74) is -2.47. The van der Waals surface area contributed by atoms with E-state index in [9.17, 15) is 29.8 Å². The van der Waals surface area contributed by atoms with E-state index in [-0.39, 0.29) is 30.2 Å². The van der Waals surface area contributed by atoms with Crippen LogP contribution in [0.3, 0.4) is 0 Å². The van der Waals surface area contributed by atoms with E-state index in [0.29, 0.717) is 0 Å². The Morgan fingerprint density at radius 1 is 1.04 bits per heavy atom. The van der Waals surface area contributed by atoms with Gasteiger partial charge in [0.1, 0.15) is 18.7 Å². The first-order valence-electron chi connectivity index (χ1n) is 6.51. The van der Waals surface area contributed by atoms with Crippen LogP contribution in [-0.2, 0) is 9.59 Å². The maximum Gasteiger partial charge on any atom is 0.461 e. The Balaban J connectivity index is 5.11. The fourth-order valence-electron chi connectivity index (χ4n) is 1.70. The molecule has 10 nitrogen and oxygen atoms in total. The summed E-state index contributed by atoms with van der Waals surface area (Å²) in [6.07, 6.45) is -0.951. The van der Waals surface area contributed by atoms with Crippen molar-refractivity contribution in [1.29, 1.82) is 0 Å². The molecule has 0 aromatic carbocycles. The van der Waals surface area contributed by atoms with Crippen LogP contribution < -0.4 is 0 Å². The van der Waals surface area contributed by atoms with Crippen molar-refractivity contribution in [2.75, 3.05) is 38.4 Å². The van der Waals surface area contributed by atoms with Crippen LogP contribution >= 0.6 is 27.5 Å². The molecule has 0 fully saturated rings. The molecule has 0 rings (SSSR count). The molecule has 0 aliphatic carbocycles. The van der Waals surface area contributed by atoms with Crippen molar-refractivity contribution in [3.63, 3.8) is 0 Å². The second-order valence-corrected chi connectivity index (χ2v) is 5.72. The zero-order valence-electron chi connectivity index (χ0n) is 12.7. The number of hydrogen-bond donors (Lipinski definition) is 0. The number of carbonyl (C=O) groups is 2. The van der Waals surface area contributed by atoms with Crippen LogP contribution in [0.5, 0.6) is 0 Å². The van der Waals surface area contributed by atoms with E-state index in [1.807, 2.05) is 0 Å². The molecule has 23 heavy (non-hydrogen) atoms. The third kappa shape index (κ3) is 5.90. The number of amides is 2. The normalized spacial score (nSPS) is 11.0. The van der Waals surface area contributed by atoms with E-state index in [1.165, 1.54) is 19.0 Å². The SMILES string of the molecule is CN(CCC(CCN(C)C(=O)CBr)([N+](=O)[O-])[N+](=O)[O-])C(=O)CCl. The summed E-state index contributed by atoms with van der Waals surface area (Å²) in [7, 11) is 2.76. The Kier molecular flexibility index (Phi) is 8.98. The molecule has 0 aliphatic rings. The van der Waals surface area contributed by atoms with E-state index < -0.39 is 34.3 Å². The highest BCUT2D eigenvalue weighted by Crippen LogP contribution is 2.22. The van der Waals surface area contributed by atoms with Crippen LogP contribution in [0.25, 0.3) is 0 Å². The smallest absolute Gasteiger partial charge is 0.344 e. The summed E-state index contributed by atoms with van der Waals surface area (Å²) in [4.78, 5) is 45.7. The Morgan fingerprint density at radius 2 is 1.43 bits per heavy atom. The minimum atomic E-state index is -2.47. The highest BCUT2D eigenvalue weighted by atomic mass is 79.9. The quantitative estimate of drug-likeness (QED) is 0.221. The molecule has 0 aromatic rings. The molecule has 0 aliphatic heterocycles. The second kappa shape index (κ2) is 9.60. The third-order valence-electron chi connectivity index (χ3n) is 3.46. The topological polar surface area (TPSA) is 127 Å². The molecule has 132 valence electrons. The average molecular weight is 418 g/mol. The molecule has 0 bridgehead atoms. The van der Waals surface area contributed by atoms with Crippen LogP contribution in [0.2, 0.25) is 0 Å². The van der Waals surface area contributed by atoms with Crippen molar-refractivity contribution in [2.24, 2.45) is 0 Å². The largest absolute Gasteiger partial charge is 0.461 e. The van der Waals surface area contributed by atoms with Gasteiger partial charge in [-0.1, -0.05) is 15.9 Å². The van der Waals surface area contributed by atoms with Gasteiger partial charge >= 0.3 is 5.66 Å². The summed E-state index contributed by atoms with van der Waals surface area (Å²) in [5.74, 6) is -1.15. The van der Waals surface area contributed by atoms with Crippen molar-refractivity contribution in [3.05, 3.63) is 20.2 Å². The van der Waals surface area contributed by atoms with E-state index >= 15 is 0 Å². The number of halogens is 2. The van der Waals surface area contributed by atoms with Gasteiger partial charge in [-0.2, -0.15) is 0 Å². The molecule has 0 saturated carbocycles. The predicted octanol–water partition coefficient (Wildman–Crippen LogP) is 0.567. The number of rotatable bonds is 10. The third-order valence-corrected chi connectivity index (χ3v) is 4.16. The Bertz CT molecular complexity index is 435. The van der Waals surface area contributed by atoms with E-state index in [0.717, 1.165) is 4.90 Å². The number of hydrogen-bond acceptors (Lipinski definition) is 6. The second-order valence-electron chi connectivity index (χ2n) is 4.89. The maximum atomic E-state index is 11.4. The van der Waals surface area contributed by atoms with Crippen LogP contribution in [0.15, 0.2) is 0 Å². The first-order chi connectivity index (χ1) is 10.6. The van der Waals surface area contributed by atoms with Crippen LogP contribution in [-0.4, -0.2) is 75.5 Å². The van der Waals surface area contributed by atoms with Gasteiger partial charge in [-0.05, 0) is 0 Å². The molecular weight excluding hydrogens is 400 g/mol. The first kappa shape index (κ1) is 21.5. The van der Waals surface area contributed by atoms with E-state index in [1.54, 1.807) is 0 Å². The number of nitro groups is 2. The summed E-state index contributed by atoms with van der Waals surface area (Å²) < 4.78 is 0. The van der Waals surface area contributed by atoms with Crippen molar-refractivity contribution in [2.45, 2.75) is 18.5 Å². The standard InChI is InChI=1S/C11H18BrClN4O6/c1-14(9(18)7-12)5-3-11(16(20)21,17(22)23)4-6-15(2)10(19)8-13/h3-8H2,1-2H3. The highest BCUT2D eigenvalue weighted by Gasteiger charge is 2.55. The van der Waals surface area contributed by atoms with Crippen molar-refractivity contribution in [3.8, 4) is 0 Å². The molecule has 2 amide bonds. The van der Waals surface area contributed by atoms with Gasteiger partial charge in [0.05, 0.1) is 15.2 Å². The molecule has 0 N–H and O–H groups in total. The zero-order chi connectivity index (χ0) is 18.2. The number of nitrogens with zero attached hydrogens (tertiary/aromatic N) is 4. The lowest BCUT2D eigenvalue weighted by atomic mass is 10.0. The fraction of sp³-hybridized carbons (Fsp3) is 0.818. The molecule has 0 atom stereocenters. The molecule has 0 spiro atoms. The summed E-state index contributed by atoms with van der Waals surface area (Å²) >= 11 is 8.32. The molecule has 0 unspecified atom stereocenters. The van der Waals surface area contributed by atoms with E-state index in [4.69, 9.17) is 11.6 Å². The Hall–Kier alpha value is -1.49. The van der Waals surface area contributed by atoms with Crippen LogP contribution in [0.1, 0.15) is 12.8 Å². The highest BCUT2D eigenvalue weighted by molar-refractivity contribution is 9.09. The maximum absolute atomic E-state index is 11.4. The van der Waals surface area contributed by atoms with Gasteiger partial charge in [-0.15, -0.1) is 11.6 Å². The number of carbonyl (C=O) groups excluding carboxylic acids is 2. The van der Waals surface area contributed by atoms with Gasteiger partial charge < -0.3 is 9.80 Å². The lowest BCUT2D eigenvalue weighted by Crippen LogP contribution is -2.51. The lowest BCUT2D eigenvalue weighted by Gasteiger charge is -2.23. The Labute approximate surface area is 146 Å². The van der Waals surface area contributed by atoms with E-state index in [2.05, 4.69) is 15.9 Å². The summed E-state index contributed by atoms with van der Waals surface area (Å²) in [5, 5.41) is 22.6. The van der Waals surface area contributed by atoms with Crippen LogP contribution in [0.4, 0.5) is 0 Å². The first-order valence-corrected chi connectivity index (χ1v) is 8.16. The fourth-order valence-corrected chi connectivity index (χ4v) is 2.34. The van der Waals surface area contributed by atoms with Gasteiger partial charge in [-0.3, -0.25) is 29.8 Å². The average Bonchev–Trinajstić information content (AvgIpc) is 2.51. The van der Waals surface area contributed by atoms with Gasteiger partial charge in [0.2, 0.25) is 11.8 Å². The summed E-state index contributed by atoms with van der Waals surface area (Å²) in [6.45, 7) is -0.344. The monoisotopic (exact) mass is 416 g/mol. The zero-order valence-corrected chi connectivity index (χ0v) is 15.1. The van der Waals surface area contributed by atoms with Crippen molar-refractivity contribution < 1.29 is 19.4 Å². The summed E-state index contributed by atoms with van der Waals surface area (Å²) in [6, 6.07) is 0. The molecular formula is C11H18BrClN4O6. The molecule has 12 heteroatoms. The van der Waals surface area contributed by atoms with Gasteiger partial charge in [0.25, 0.3) is 0 Å². The predicted molar refractivity (Wildman–Crippen MR) is 85.7 cm³/mol.